The van der Waals surface area contributed by atoms with Crippen LogP contribution < -0.4 is 0 Å². The van der Waals surface area contributed by atoms with Gasteiger partial charge in [0, 0.05) is 71.7 Å². The van der Waals surface area contributed by atoms with E-state index in [1.54, 1.807) is 18.2 Å². The van der Waals surface area contributed by atoms with Gasteiger partial charge in [0.2, 0.25) is 0 Å². The Hall–Kier alpha value is -11.9. The first-order valence-electron chi connectivity index (χ1n) is 28.6. The van der Waals surface area contributed by atoms with Crippen LogP contribution in [0.25, 0.3) is 146 Å². The fraction of sp³-hybridized carbons (Fsp3) is 0.0267. The third kappa shape index (κ3) is 9.91. The maximum absolute atomic E-state index is 14.6. The summed E-state index contributed by atoms with van der Waals surface area (Å²) in [7, 11) is 0. The van der Waals surface area contributed by atoms with Gasteiger partial charge in [-0.25, -0.2) is 29.9 Å². The molecule has 4 heterocycles. The molecule has 0 amide bonds. The molecule has 0 bridgehead atoms. The summed E-state index contributed by atoms with van der Waals surface area (Å²) in [6.45, 7) is 0. The zero-order chi connectivity index (χ0) is 61.3. The second kappa shape index (κ2) is 21.8. The number of hydrogen-bond donors (Lipinski definition) is 0. The predicted molar refractivity (Wildman–Crippen MR) is 340 cm³/mol. The van der Waals surface area contributed by atoms with Crippen molar-refractivity contribution in [2.24, 2.45) is 0 Å². The standard InChI is InChI=1S/C75H43F6N9/c76-74(77,78)54-37-53(38-55(42-54)75(79,80)81)49-30-34-67(90-64-28-16-14-26-58(64)61-41-51(32-36-66(61)90)73-87-70(47-21-9-3-10-22-47)84-71(88-73)48-23-11-4-12-24-48)62(39-49)59-43-56(33-29-52(59)44-82)89-63-27-15-13-25-57(63)60-40-50(31-35-65(60)89)72-85-68(45-17-5-1-6-18-45)83-69(86-72)46-19-7-2-8-20-46/h1-43H. The summed E-state index contributed by atoms with van der Waals surface area (Å²) in [4.78, 5) is 29.8. The highest BCUT2D eigenvalue weighted by atomic mass is 19.4. The van der Waals surface area contributed by atoms with E-state index in [4.69, 9.17) is 29.9 Å². The number of benzene rings is 11. The lowest BCUT2D eigenvalue weighted by Gasteiger charge is -2.19. The summed E-state index contributed by atoms with van der Waals surface area (Å²) in [5.41, 5.74) is 6.49. The fourth-order valence-electron chi connectivity index (χ4n) is 11.9. The Morgan fingerprint density at radius 1 is 0.289 bits per heavy atom. The number of rotatable bonds is 10. The number of aromatic nitrogens is 8. The van der Waals surface area contributed by atoms with Gasteiger partial charge in [-0.3, -0.25) is 0 Å². The summed E-state index contributed by atoms with van der Waals surface area (Å²) in [5.74, 6) is 2.84. The van der Waals surface area contributed by atoms with E-state index in [1.807, 2.05) is 223 Å². The minimum atomic E-state index is -5.11. The maximum Gasteiger partial charge on any atom is 0.416 e. The predicted octanol–water partition coefficient (Wildman–Crippen LogP) is 19.5. The van der Waals surface area contributed by atoms with Gasteiger partial charge in [-0.2, -0.15) is 31.6 Å². The molecule has 9 nitrogen and oxygen atoms in total. The first-order chi connectivity index (χ1) is 43.8. The van der Waals surface area contributed by atoms with Crippen molar-refractivity contribution in [1.29, 1.82) is 5.26 Å². The molecule has 0 fully saturated rings. The Labute approximate surface area is 509 Å². The number of halogens is 6. The molecule has 11 aromatic carbocycles. The monoisotopic (exact) mass is 1180 g/mol. The van der Waals surface area contributed by atoms with Crippen LogP contribution in [0.1, 0.15) is 16.7 Å². The molecule has 0 aliphatic carbocycles. The number of fused-ring (bicyclic) bond motifs is 6. The third-order valence-electron chi connectivity index (χ3n) is 16.1. The number of nitrogens with zero attached hydrogens (tertiary/aromatic N) is 9. The molecule has 0 saturated carbocycles. The zero-order valence-electron chi connectivity index (χ0n) is 47.1. The Kier molecular flexibility index (Phi) is 13.3. The van der Waals surface area contributed by atoms with Crippen LogP contribution in [0.4, 0.5) is 26.3 Å². The smallest absolute Gasteiger partial charge is 0.309 e. The normalized spacial score (nSPS) is 11.9. The summed E-state index contributed by atoms with van der Waals surface area (Å²) < 4.78 is 91.8. The van der Waals surface area contributed by atoms with Gasteiger partial charge in [0.15, 0.2) is 34.9 Å². The molecule has 15 heteroatoms. The topological polar surface area (TPSA) is 111 Å². The molecule has 15 rings (SSSR count). The van der Waals surface area contributed by atoms with Crippen molar-refractivity contribution in [1.82, 2.24) is 39.0 Å². The molecule has 90 heavy (non-hydrogen) atoms. The molecule has 0 aliphatic heterocycles. The first-order valence-corrected chi connectivity index (χ1v) is 28.6. The zero-order valence-corrected chi connectivity index (χ0v) is 47.1. The Bertz CT molecular complexity index is 5200. The van der Waals surface area contributed by atoms with Crippen LogP contribution >= 0.6 is 0 Å². The number of nitriles is 1. The lowest BCUT2D eigenvalue weighted by molar-refractivity contribution is -0.143. The van der Waals surface area contributed by atoms with Gasteiger partial charge in [0.1, 0.15) is 0 Å². The summed E-state index contributed by atoms with van der Waals surface area (Å²) in [6.07, 6.45) is -10.2. The van der Waals surface area contributed by atoms with Crippen molar-refractivity contribution in [2.45, 2.75) is 12.4 Å². The van der Waals surface area contributed by atoms with Crippen molar-refractivity contribution in [2.75, 3.05) is 0 Å². The van der Waals surface area contributed by atoms with Crippen LogP contribution in [-0.2, 0) is 12.4 Å². The van der Waals surface area contributed by atoms with E-state index >= 15 is 0 Å². The molecule has 15 aromatic rings. The molecule has 0 spiro atoms. The van der Waals surface area contributed by atoms with Crippen molar-refractivity contribution >= 4 is 43.6 Å². The van der Waals surface area contributed by atoms with E-state index in [-0.39, 0.29) is 22.8 Å². The lowest BCUT2D eigenvalue weighted by Crippen LogP contribution is -2.11. The van der Waals surface area contributed by atoms with Gasteiger partial charge in [-0.15, -0.1) is 0 Å². The molecular weight excluding hydrogens is 1140 g/mol. The Morgan fingerprint density at radius 2 is 0.667 bits per heavy atom. The fourth-order valence-corrected chi connectivity index (χ4v) is 11.9. The number of alkyl halides is 6. The minimum absolute atomic E-state index is 0.0505. The molecule has 0 N–H and O–H groups in total. The summed E-state index contributed by atoms with van der Waals surface area (Å²) in [6, 6.07) is 80.1. The van der Waals surface area contributed by atoms with Gasteiger partial charge in [-0.1, -0.05) is 164 Å². The molecule has 0 saturated heterocycles. The SMILES string of the molecule is N#Cc1ccc(-n2c3ccccc3c3cc(-c4nc(-c5ccccc5)nc(-c5ccccc5)n4)ccc32)cc1-c1cc(-c2cc(C(F)(F)F)cc(C(F)(F)F)c2)ccc1-n1c2ccccc2c2cc(-c3nc(-c4ccccc4)nc(-c4ccccc4)n3)ccc21. The van der Waals surface area contributed by atoms with Crippen LogP contribution in [0, 0.1) is 11.3 Å². The Morgan fingerprint density at radius 3 is 1.10 bits per heavy atom. The van der Waals surface area contributed by atoms with Crippen LogP contribution in [0.3, 0.4) is 0 Å². The van der Waals surface area contributed by atoms with Crippen LogP contribution in [0.5, 0.6) is 0 Å². The van der Waals surface area contributed by atoms with Gasteiger partial charge in [0.05, 0.1) is 50.5 Å². The molecule has 4 aromatic heterocycles. The quantitative estimate of drug-likeness (QED) is 0.125. The van der Waals surface area contributed by atoms with Gasteiger partial charge < -0.3 is 9.13 Å². The maximum atomic E-state index is 14.6. The largest absolute Gasteiger partial charge is 0.416 e. The number of hydrogen-bond acceptors (Lipinski definition) is 7. The van der Waals surface area contributed by atoms with E-state index in [2.05, 4.69) is 10.6 Å². The van der Waals surface area contributed by atoms with Crippen molar-refractivity contribution in [3.05, 3.63) is 278 Å². The van der Waals surface area contributed by atoms with E-state index in [0.717, 1.165) is 78.0 Å². The minimum Gasteiger partial charge on any atom is -0.309 e. The molecule has 0 radical (unpaired) electrons. The van der Waals surface area contributed by atoms with Crippen LogP contribution in [0.2, 0.25) is 0 Å². The lowest BCUT2D eigenvalue weighted by atomic mass is 9.92. The first kappa shape index (κ1) is 54.7. The van der Waals surface area contributed by atoms with E-state index in [0.29, 0.717) is 68.5 Å². The van der Waals surface area contributed by atoms with Crippen LogP contribution in [-0.4, -0.2) is 39.0 Å². The van der Waals surface area contributed by atoms with Gasteiger partial charge in [-0.05, 0) is 108 Å². The highest BCUT2D eigenvalue weighted by Crippen LogP contribution is 2.45. The second-order valence-electron chi connectivity index (χ2n) is 21.6. The van der Waals surface area contributed by atoms with Crippen molar-refractivity contribution < 1.29 is 26.3 Å². The molecule has 0 unspecified atom stereocenters. The van der Waals surface area contributed by atoms with E-state index < -0.39 is 23.5 Å². The molecule has 0 aliphatic rings. The highest BCUT2D eigenvalue weighted by molar-refractivity contribution is 6.12. The number of para-hydroxylation sites is 2. The summed E-state index contributed by atoms with van der Waals surface area (Å²) >= 11 is 0. The highest BCUT2D eigenvalue weighted by Gasteiger charge is 2.37. The molecule has 430 valence electrons. The molecular formula is C75H43F6N9. The Balaban J connectivity index is 0.937. The molecule has 0 atom stereocenters. The van der Waals surface area contributed by atoms with E-state index in [1.165, 1.54) is 6.07 Å². The van der Waals surface area contributed by atoms with Crippen molar-refractivity contribution in [3.63, 3.8) is 0 Å². The van der Waals surface area contributed by atoms with Crippen LogP contribution in [0.15, 0.2) is 261 Å². The van der Waals surface area contributed by atoms with Gasteiger partial charge >= 0.3 is 12.4 Å². The van der Waals surface area contributed by atoms with Gasteiger partial charge in [0.25, 0.3) is 0 Å². The average molecular weight is 1180 g/mol. The third-order valence-corrected chi connectivity index (χ3v) is 16.1. The van der Waals surface area contributed by atoms with E-state index in [9.17, 15) is 31.6 Å². The second-order valence-corrected chi connectivity index (χ2v) is 21.6. The van der Waals surface area contributed by atoms with Crippen molar-refractivity contribution in [3.8, 4) is 108 Å². The average Bonchev–Trinajstić information content (AvgIpc) is 1.59. The summed E-state index contributed by atoms with van der Waals surface area (Å²) in [5, 5.41) is 14.5.